The van der Waals surface area contributed by atoms with Gasteiger partial charge in [0.05, 0.1) is 10.6 Å². The lowest BCUT2D eigenvalue weighted by molar-refractivity contribution is -0.263. The van der Waals surface area contributed by atoms with Crippen LogP contribution in [0.2, 0.25) is 5.02 Å². The van der Waals surface area contributed by atoms with E-state index in [0.717, 1.165) is 20.8 Å². The number of ether oxygens (including phenoxy) is 5. The number of carbonyl (C=O) groups is 5. The number of carbonyl (C=O) groups excluding carboxylic acids is 5. The highest BCUT2D eigenvalue weighted by molar-refractivity contribution is 6.33. The molecule has 0 bridgehead atoms. The van der Waals surface area contributed by atoms with Crippen molar-refractivity contribution in [3.63, 3.8) is 0 Å². The van der Waals surface area contributed by atoms with E-state index in [4.69, 9.17) is 35.3 Å². The molecular weight excluding hydrogens is 462 g/mol. The van der Waals surface area contributed by atoms with E-state index in [-0.39, 0.29) is 10.6 Å². The molecular formula is C21H24ClNO10. The second-order valence-corrected chi connectivity index (χ2v) is 7.51. The maximum Gasteiger partial charge on any atom is 0.342 e. The molecule has 1 heterocycles. The number of halogens is 1. The molecule has 12 heteroatoms. The van der Waals surface area contributed by atoms with E-state index in [1.807, 2.05) is 0 Å². The molecule has 11 nitrogen and oxygen atoms in total. The minimum Gasteiger partial charge on any atom is -0.463 e. The maximum atomic E-state index is 12.7. The molecule has 0 radical (unpaired) electrons. The minimum atomic E-state index is -1.52. The van der Waals surface area contributed by atoms with Crippen LogP contribution in [0.1, 0.15) is 38.1 Å². The van der Waals surface area contributed by atoms with E-state index in [1.165, 1.54) is 19.1 Å². The van der Waals surface area contributed by atoms with Gasteiger partial charge in [-0.1, -0.05) is 23.7 Å². The Morgan fingerprint density at radius 2 is 1.52 bits per heavy atom. The summed E-state index contributed by atoms with van der Waals surface area (Å²) in [5.41, 5.74) is 0.0204. The van der Waals surface area contributed by atoms with Crippen molar-refractivity contribution in [2.24, 2.45) is 0 Å². The first-order valence-electron chi connectivity index (χ1n) is 9.85. The predicted molar refractivity (Wildman–Crippen MR) is 111 cm³/mol. The summed E-state index contributed by atoms with van der Waals surface area (Å²) in [4.78, 5) is 59.5. The van der Waals surface area contributed by atoms with Gasteiger partial charge in [-0.2, -0.15) is 0 Å². The van der Waals surface area contributed by atoms with E-state index >= 15 is 0 Å². The van der Waals surface area contributed by atoms with Gasteiger partial charge in [0.1, 0.15) is 18.8 Å². The van der Waals surface area contributed by atoms with Gasteiger partial charge in [-0.25, -0.2) is 4.79 Å². The van der Waals surface area contributed by atoms with Gasteiger partial charge in [-0.3, -0.25) is 19.2 Å². The lowest BCUT2D eigenvalue weighted by Gasteiger charge is -2.44. The van der Waals surface area contributed by atoms with Gasteiger partial charge in [-0.15, -0.1) is 0 Å². The number of benzene rings is 1. The van der Waals surface area contributed by atoms with Crippen molar-refractivity contribution in [3.8, 4) is 0 Å². The summed E-state index contributed by atoms with van der Waals surface area (Å²) in [5.74, 6) is -3.63. The van der Waals surface area contributed by atoms with Crippen molar-refractivity contribution in [1.82, 2.24) is 5.32 Å². The van der Waals surface area contributed by atoms with Crippen molar-refractivity contribution in [2.45, 2.75) is 58.3 Å². The molecule has 1 amide bonds. The summed E-state index contributed by atoms with van der Waals surface area (Å²) in [7, 11) is 0. The molecule has 2 rings (SSSR count). The van der Waals surface area contributed by atoms with E-state index in [9.17, 15) is 24.0 Å². The zero-order chi connectivity index (χ0) is 24.7. The second-order valence-electron chi connectivity index (χ2n) is 7.11. The summed E-state index contributed by atoms with van der Waals surface area (Å²) in [6.07, 6.45) is -5.35. The average Bonchev–Trinajstić information content (AvgIpc) is 2.70. The van der Waals surface area contributed by atoms with Crippen LogP contribution < -0.4 is 5.32 Å². The third-order valence-corrected chi connectivity index (χ3v) is 4.72. The monoisotopic (exact) mass is 485 g/mol. The van der Waals surface area contributed by atoms with Crippen molar-refractivity contribution >= 4 is 41.4 Å². The maximum absolute atomic E-state index is 12.7. The SMILES string of the molecule is CC(=O)N[C@H]1[C@@H](OC(=O)c2ccccc2Cl)O[C@@H](COC(C)=O)[C@@H](OC(C)=O)[C@H]1OC(C)=O. The van der Waals surface area contributed by atoms with E-state index in [0.29, 0.717) is 0 Å². The lowest BCUT2D eigenvalue weighted by atomic mass is 9.96. The number of hydrogen-bond acceptors (Lipinski definition) is 10. The van der Waals surface area contributed by atoms with E-state index in [1.54, 1.807) is 12.1 Å². The van der Waals surface area contributed by atoms with Crippen LogP contribution in [-0.4, -0.2) is 67.0 Å². The Balaban J connectivity index is 2.45. The Bertz CT molecular complexity index is 920. The zero-order valence-electron chi connectivity index (χ0n) is 18.4. The highest BCUT2D eigenvalue weighted by atomic mass is 35.5. The molecule has 1 aliphatic rings. The fourth-order valence-electron chi connectivity index (χ4n) is 3.19. The number of nitrogens with one attached hydrogen (secondary N) is 1. The Morgan fingerprint density at radius 3 is 2.06 bits per heavy atom. The van der Waals surface area contributed by atoms with Crippen LogP contribution in [0.5, 0.6) is 0 Å². The van der Waals surface area contributed by atoms with Crippen LogP contribution in [-0.2, 0) is 42.9 Å². The van der Waals surface area contributed by atoms with Gasteiger partial charge in [0.15, 0.2) is 12.2 Å². The third kappa shape index (κ3) is 7.43. The van der Waals surface area contributed by atoms with Crippen LogP contribution in [0, 0.1) is 0 Å². The van der Waals surface area contributed by atoms with Crippen molar-refractivity contribution in [2.75, 3.05) is 6.61 Å². The van der Waals surface area contributed by atoms with Crippen LogP contribution in [0.4, 0.5) is 0 Å². The first-order valence-corrected chi connectivity index (χ1v) is 10.2. The molecule has 0 aliphatic carbocycles. The van der Waals surface area contributed by atoms with Gasteiger partial charge < -0.3 is 29.0 Å². The van der Waals surface area contributed by atoms with Gasteiger partial charge in [-0.05, 0) is 12.1 Å². The standard InChI is InChI=1S/C21H24ClNO10/c1-10(24)23-17-19(31-13(4)27)18(30-12(3)26)16(9-29-11(2)25)32-21(17)33-20(28)14-7-5-6-8-15(14)22/h5-8,16-19,21H,9H2,1-4H3,(H,23,24)/t16-,17+,18+,19-,21+/m0/s1. The van der Waals surface area contributed by atoms with Crippen molar-refractivity contribution in [1.29, 1.82) is 0 Å². The van der Waals surface area contributed by atoms with Gasteiger partial charge in [0.25, 0.3) is 0 Å². The molecule has 1 saturated heterocycles. The average molecular weight is 486 g/mol. The molecule has 1 fully saturated rings. The number of hydrogen-bond donors (Lipinski definition) is 1. The Kier molecular flexibility index (Phi) is 9.18. The minimum absolute atomic E-state index is 0.0204. The third-order valence-electron chi connectivity index (χ3n) is 4.39. The molecule has 1 aromatic carbocycles. The quantitative estimate of drug-likeness (QED) is 0.441. The van der Waals surface area contributed by atoms with Crippen molar-refractivity contribution in [3.05, 3.63) is 34.9 Å². The zero-order valence-corrected chi connectivity index (χ0v) is 19.1. The van der Waals surface area contributed by atoms with Gasteiger partial charge >= 0.3 is 23.9 Å². The van der Waals surface area contributed by atoms with Crippen LogP contribution >= 0.6 is 11.6 Å². The molecule has 1 N–H and O–H groups in total. The summed E-state index contributed by atoms with van der Waals surface area (Å²) in [5, 5.41) is 2.61. The van der Waals surface area contributed by atoms with E-state index < -0.39 is 67.0 Å². The molecule has 5 atom stereocenters. The number of esters is 4. The largest absolute Gasteiger partial charge is 0.463 e. The molecule has 180 valence electrons. The highest BCUT2D eigenvalue weighted by Crippen LogP contribution is 2.29. The molecule has 0 saturated carbocycles. The second kappa shape index (κ2) is 11.6. The summed E-state index contributed by atoms with van der Waals surface area (Å²) < 4.78 is 26.8. The number of rotatable bonds is 7. The summed E-state index contributed by atoms with van der Waals surface area (Å²) >= 11 is 6.05. The van der Waals surface area contributed by atoms with E-state index in [2.05, 4.69) is 5.32 Å². The van der Waals surface area contributed by atoms with Crippen LogP contribution in [0.15, 0.2) is 24.3 Å². The van der Waals surface area contributed by atoms with Gasteiger partial charge in [0, 0.05) is 27.7 Å². The van der Waals surface area contributed by atoms with Crippen LogP contribution in [0.25, 0.3) is 0 Å². The fraction of sp³-hybridized carbons (Fsp3) is 0.476. The summed E-state index contributed by atoms with van der Waals surface area (Å²) in [6.45, 7) is 4.14. The van der Waals surface area contributed by atoms with Gasteiger partial charge in [0.2, 0.25) is 12.2 Å². The first kappa shape index (κ1) is 26.1. The van der Waals surface area contributed by atoms with Crippen LogP contribution in [0.3, 0.4) is 0 Å². The molecule has 0 unspecified atom stereocenters. The van der Waals surface area contributed by atoms with Crippen molar-refractivity contribution < 1.29 is 47.7 Å². The smallest absolute Gasteiger partial charge is 0.342 e. The molecule has 0 spiro atoms. The fourth-order valence-corrected chi connectivity index (χ4v) is 3.40. The topological polar surface area (TPSA) is 144 Å². The Hall–Kier alpha value is -3.18. The molecule has 1 aliphatic heterocycles. The Labute approximate surface area is 194 Å². The molecule has 1 aromatic rings. The predicted octanol–water partition coefficient (Wildman–Crippen LogP) is 1.15. The molecule has 0 aromatic heterocycles. The first-order chi connectivity index (χ1) is 15.5. The normalized spacial score (nSPS) is 24.2. The summed E-state index contributed by atoms with van der Waals surface area (Å²) in [6, 6.07) is 4.81. The molecule has 33 heavy (non-hydrogen) atoms. The highest BCUT2D eigenvalue weighted by Gasteiger charge is 2.52. The Morgan fingerprint density at radius 1 is 0.909 bits per heavy atom. The number of amides is 1. The lowest BCUT2D eigenvalue weighted by Crippen LogP contribution is -2.66.